The van der Waals surface area contributed by atoms with Crippen LogP contribution in [0.15, 0.2) is 42.5 Å². The van der Waals surface area contributed by atoms with Crippen LogP contribution < -0.4 is 4.74 Å². The standard InChI is InChI=1S/C19H19Cl2NOS/c20-16-9-8-14(12-17(16)21)13-23-18-7-3-2-6-15(18)19(24)22-10-4-1-5-11-22/h2-3,6-9,12H,1,4-5,10-11,13H2. The fourth-order valence-electron chi connectivity index (χ4n) is 2.83. The van der Waals surface area contributed by atoms with E-state index in [1.807, 2.05) is 36.4 Å². The summed E-state index contributed by atoms with van der Waals surface area (Å²) in [5.41, 5.74) is 1.96. The molecule has 0 bridgehead atoms. The summed E-state index contributed by atoms with van der Waals surface area (Å²) >= 11 is 17.7. The van der Waals surface area contributed by atoms with Crippen molar-refractivity contribution in [2.45, 2.75) is 25.9 Å². The van der Waals surface area contributed by atoms with Gasteiger partial charge in [0.05, 0.1) is 15.6 Å². The zero-order valence-corrected chi connectivity index (χ0v) is 15.6. The van der Waals surface area contributed by atoms with Crippen molar-refractivity contribution in [1.29, 1.82) is 0 Å². The number of para-hydroxylation sites is 1. The molecule has 2 nitrogen and oxygen atoms in total. The zero-order chi connectivity index (χ0) is 16.9. The minimum Gasteiger partial charge on any atom is -0.488 e. The molecule has 1 aliphatic rings. The van der Waals surface area contributed by atoms with Crippen LogP contribution >= 0.6 is 35.4 Å². The lowest BCUT2D eigenvalue weighted by molar-refractivity contribution is 0.303. The molecule has 1 heterocycles. The summed E-state index contributed by atoms with van der Waals surface area (Å²) in [6.45, 7) is 2.48. The van der Waals surface area contributed by atoms with Gasteiger partial charge in [-0.05, 0) is 49.1 Å². The van der Waals surface area contributed by atoms with E-state index in [1.54, 1.807) is 6.07 Å². The van der Waals surface area contributed by atoms with E-state index in [0.717, 1.165) is 35.0 Å². The zero-order valence-electron chi connectivity index (χ0n) is 13.3. The molecule has 24 heavy (non-hydrogen) atoms. The number of halogens is 2. The third-order valence-corrected chi connectivity index (χ3v) is 5.36. The van der Waals surface area contributed by atoms with Gasteiger partial charge in [0.1, 0.15) is 17.3 Å². The van der Waals surface area contributed by atoms with Crippen molar-refractivity contribution in [3.63, 3.8) is 0 Å². The maximum Gasteiger partial charge on any atom is 0.130 e. The van der Waals surface area contributed by atoms with Crippen LogP contribution in [0.2, 0.25) is 10.0 Å². The molecule has 0 amide bonds. The van der Waals surface area contributed by atoms with E-state index in [1.165, 1.54) is 19.3 Å². The van der Waals surface area contributed by atoms with E-state index < -0.39 is 0 Å². The predicted octanol–water partition coefficient (Wildman–Crippen LogP) is 5.73. The lowest BCUT2D eigenvalue weighted by atomic mass is 10.1. The minimum atomic E-state index is 0.427. The van der Waals surface area contributed by atoms with Crippen molar-refractivity contribution in [3.8, 4) is 5.75 Å². The summed E-state index contributed by atoms with van der Waals surface area (Å²) in [4.78, 5) is 3.15. The Morgan fingerprint density at radius 3 is 2.50 bits per heavy atom. The van der Waals surface area contributed by atoms with Crippen molar-refractivity contribution >= 4 is 40.4 Å². The summed E-state index contributed by atoms with van der Waals surface area (Å²) in [7, 11) is 0. The summed E-state index contributed by atoms with van der Waals surface area (Å²) in [5, 5.41) is 1.09. The first-order valence-corrected chi connectivity index (χ1v) is 9.26. The van der Waals surface area contributed by atoms with Gasteiger partial charge in [0, 0.05) is 13.1 Å². The van der Waals surface area contributed by atoms with Crippen LogP contribution in [0.5, 0.6) is 5.75 Å². The van der Waals surface area contributed by atoms with Gasteiger partial charge in [0.25, 0.3) is 0 Å². The topological polar surface area (TPSA) is 12.5 Å². The highest BCUT2D eigenvalue weighted by Gasteiger charge is 2.17. The Kier molecular flexibility index (Phi) is 5.99. The van der Waals surface area contributed by atoms with Crippen LogP contribution in [-0.4, -0.2) is 23.0 Å². The van der Waals surface area contributed by atoms with Crippen molar-refractivity contribution < 1.29 is 4.74 Å². The third-order valence-electron chi connectivity index (χ3n) is 4.14. The molecule has 1 fully saturated rings. The number of nitrogens with zero attached hydrogens (tertiary/aromatic N) is 1. The lowest BCUT2D eigenvalue weighted by Crippen LogP contribution is -2.35. The highest BCUT2D eigenvalue weighted by atomic mass is 35.5. The smallest absolute Gasteiger partial charge is 0.130 e. The highest BCUT2D eigenvalue weighted by Crippen LogP contribution is 2.26. The molecule has 0 aromatic heterocycles. The van der Waals surface area contributed by atoms with Crippen LogP contribution in [0.25, 0.3) is 0 Å². The number of benzene rings is 2. The first-order valence-electron chi connectivity index (χ1n) is 8.10. The van der Waals surface area contributed by atoms with Crippen molar-refractivity contribution in [2.24, 2.45) is 0 Å². The SMILES string of the molecule is S=C(c1ccccc1OCc1ccc(Cl)c(Cl)c1)N1CCCCC1. The van der Waals surface area contributed by atoms with E-state index in [9.17, 15) is 0 Å². The molecule has 126 valence electrons. The first kappa shape index (κ1) is 17.5. The van der Waals surface area contributed by atoms with Crippen LogP contribution in [0.3, 0.4) is 0 Å². The molecule has 2 aromatic rings. The molecular formula is C19H19Cl2NOS. The number of ether oxygens (including phenoxy) is 1. The molecule has 0 spiro atoms. The summed E-state index contributed by atoms with van der Waals surface area (Å²) < 4.78 is 6.01. The molecule has 1 saturated heterocycles. The molecule has 0 atom stereocenters. The van der Waals surface area contributed by atoms with E-state index in [4.69, 9.17) is 40.2 Å². The third kappa shape index (κ3) is 4.21. The van der Waals surface area contributed by atoms with Gasteiger partial charge in [-0.1, -0.05) is 53.6 Å². The van der Waals surface area contributed by atoms with Crippen molar-refractivity contribution in [1.82, 2.24) is 4.90 Å². The van der Waals surface area contributed by atoms with E-state index in [0.29, 0.717) is 16.7 Å². The number of likely N-dealkylation sites (tertiary alicyclic amines) is 1. The van der Waals surface area contributed by atoms with Crippen LogP contribution in [0.4, 0.5) is 0 Å². The number of hydrogen-bond acceptors (Lipinski definition) is 2. The van der Waals surface area contributed by atoms with E-state index >= 15 is 0 Å². The Hall–Kier alpha value is -1.29. The summed E-state index contributed by atoms with van der Waals surface area (Å²) in [6, 6.07) is 13.5. The second-order valence-electron chi connectivity index (χ2n) is 5.89. The van der Waals surface area contributed by atoms with Crippen LogP contribution in [0, 0.1) is 0 Å². The van der Waals surface area contributed by atoms with Gasteiger partial charge in [-0.3, -0.25) is 0 Å². The largest absolute Gasteiger partial charge is 0.488 e. The van der Waals surface area contributed by atoms with Gasteiger partial charge >= 0.3 is 0 Å². The van der Waals surface area contributed by atoms with Crippen LogP contribution in [-0.2, 0) is 6.61 Å². The van der Waals surface area contributed by atoms with Crippen molar-refractivity contribution in [2.75, 3.05) is 13.1 Å². The monoisotopic (exact) mass is 379 g/mol. The second kappa shape index (κ2) is 8.19. The lowest BCUT2D eigenvalue weighted by Gasteiger charge is -2.29. The van der Waals surface area contributed by atoms with Gasteiger partial charge in [-0.2, -0.15) is 0 Å². The molecular weight excluding hydrogens is 361 g/mol. The maximum atomic E-state index is 6.06. The Labute approximate surface area is 158 Å². The summed E-state index contributed by atoms with van der Waals surface area (Å²) in [6.07, 6.45) is 3.69. The first-order chi connectivity index (χ1) is 11.6. The minimum absolute atomic E-state index is 0.427. The Morgan fingerprint density at radius 1 is 1.00 bits per heavy atom. The van der Waals surface area contributed by atoms with Gasteiger partial charge in [-0.25, -0.2) is 0 Å². The molecule has 0 saturated carbocycles. The van der Waals surface area contributed by atoms with Gasteiger partial charge in [0.2, 0.25) is 0 Å². The normalized spacial score (nSPS) is 14.5. The number of piperidine rings is 1. The number of rotatable bonds is 4. The summed E-state index contributed by atoms with van der Waals surface area (Å²) in [5.74, 6) is 0.805. The van der Waals surface area contributed by atoms with Gasteiger partial charge < -0.3 is 9.64 Å². The molecule has 0 radical (unpaired) electrons. The number of thiocarbonyl (C=S) groups is 1. The Bertz CT molecular complexity index is 729. The molecule has 0 unspecified atom stereocenters. The fourth-order valence-corrected chi connectivity index (χ4v) is 3.50. The molecule has 0 aliphatic carbocycles. The quantitative estimate of drug-likeness (QED) is 0.628. The van der Waals surface area contributed by atoms with E-state index in [2.05, 4.69) is 4.90 Å². The maximum absolute atomic E-state index is 6.06. The predicted molar refractivity (Wildman–Crippen MR) is 104 cm³/mol. The molecule has 2 aromatic carbocycles. The average molecular weight is 380 g/mol. The second-order valence-corrected chi connectivity index (χ2v) is 7.09. The molecule has 3 rings (SSSR count). The van der Waals surface area contributed by atoms with Gasteiger partial charge in [-0.15, -0.1) is 0 Å². The van der Waals surface area contributed by atoms with Crippen molar-refractivity contribution in [3.05, 3.63) is 63.6 Å². The Morgan fingerprint density at radius 2 is 1.75 bits per heavy atom. The Balaban J connectivity index is 1.73. The number of hydrogen-bond donors (Lipinski definition) is 0. The average Bonchev–Trinajstić information content (AvgIpc) is 2.63. The van der Waals surface area contributed by atoms with Gasteiger partial charge in [0.15, 0.2) is 0 Å². The fraction of sp³-hybridized carbons (Fsp3) is 0.316. The van der Waals surface area contributed by atoms with Crippen LogP contribution in [0.1, 0.15) is 30.4 Å². The van der Waals surface area contributed by atoms with E-state index in [-0.39, 0.29) is 0 Å². The molecule has 5 heteroatoms. The molecule has 1 aliphatic heterocycles. The molecule has 0 N–H and O–H groups in total. The highest BCUT2D eigenvalue weighted by molar-refractivity contribution is 7.80.